The van der Waals surface area contributed by atoms with E-state index in [-0.39, 0.29) is 28.1 Å². The van der Waals surface area contributed by atoms with E-state index in [9.17, 15) is 26.4 Å². The number of halogens is 3. The van der Waals surface area contributed by atoms with Crippen LogP contribution in [0.2, 0.25) is 0 Å². The quantitative estimate of drug-likeness (QED) is 0.360. The molecule has 15 heteroatoms. The fourth-order valence-electron chi connectivity index (χ4n) is 3.54. The lowest BCUT2D eigenvalue weighted by Crippen LogP contribution is -2.33. The van der Waals surface area contributed by atoms with E-state index in [2.05, 4.69) is 25.3 Å². The zero-order chi connectivity index (χ0) is 25.8. The van der Waals surface area contributed by atoms with Crippen LogP contribution in [0.3, 0.4) is 0 Å². The molecule has 192 valence electrons. The molecule has 0 atom stereocenters. The number of nitrogens with one attached hydrogen (secondary N) is 1. The first-order valence-electron chi connectivity index (χ1n) is 10.8. The van der Waals surface area contributed by atoms with Gasteiger partial charge >= 0.3 is 12.1 Å². The first kappa shape index (κ1) is 26.8. The molecule has 10 nitrogen and oxygen atoms in total. The van der Waals surface area contributed by atoms with E-state index in [0.717, 1.165) is 35.6 Å². The Balaban J connectivity index is 1.99. The lowest BCUT2D eigenvalue weighted by Gasteiger charge is -2.33. The number of benzene rings is 1. The molecule has 0 spiro atoms. The van der Waals surface area contributed by atoms with Crippen molar-refractivity contribution in [3.05, 3.63) is 22.7 Å². The number of hydrogen-bond acceptors (Lipinski definition) is 10. The molecule has 3 rings (SSSR count). The number of carbonyl (C=O) groups excluding carboxylic acids is 1. The number of azo groups is 1. The zero-order valence-corrected chi connectivity index (χ0v) is 20.9. The van der Waals surface area contributed by atoms with Crippen LogP contribution < -0.4 is 9.62 Å². The third-order valence-electron chi connectivity index (χ3n) is 4.72. The summed E-state index contributed by atoms with van der Waals surface area (Å²) >= 11 is 0.810. The van der Waals surface area contributed by atoms with Gasteiger partial charge in [0.15, 0.2) is 5.75 Å². The Hall–Kier alpha value is -2.81. The number of carbonyl (C=O) groups is 1. The van der Waals surface area contributed by atoms with Gasteiger partial charge in [-0.05, 0) is 43.4 Å². The number of hydrogen-bond donors (Lipinski definition) is 1. The summed E-state index contributed by atoms with van der Waals surface area (Å²) < 4.78 is 69.7. The van der Waals surface area contributed by atoms with Gasteiger partial charge in [-0.3, -0.25) is 4.72 Å². The van der Waals surface area contributed by atoms with Crippen LogP contribution in [-0.4, -0.2) is 56.2 Å². The largest absolute Gasteiger partial charge is 0.461 e. The highest BCUT2D eigenvalue weighted by atomic mass is 32.2. The highest BCUT2D eigenvalue weighted by Crippen LogP contribution is 2.39. The van der Waals surface area contributed by atoms with Crippen molar-refractivity contribution >= 4 is 49.5 Å². The second kappa shape index (κ2) is 10.8. The number of fused-ring (bicyclic) bond motifs is 1. The van der Waals surface area contributed by atoms with Crippen LogP contribution in [0, 0.1) is 5.92 Å². The van der Waals surface area contributed by atoms with Gasteiger partial charge in [0, 0.05) is 18.8 Å². The zero-order valence-electron chi connectivity index (χ0n) is 19.3. The Morgan fingerprint density at radius 3 is 2.69 bits per heavy atom. The molecule has 0 saturated heterocycles. The maximum atomic E-state index is 12.8. The first-order chi connectivity index (χ1) is 16.4. The summed E-state index contributed by atoms with van der Waals surface area (Å²) in [5, 5.41) is 15.3. The molecule has 0 amide bonds. The maximum Gasteiger partial charge on any atom is 0.404 e. The second-order valence-electron chi connectivity index (χ2n) is 8.23. The van der Waals surface area contributed by atoms with Crippen LogP contribution in [-0.2, 0) is 21.2 Å². The van der Waals surface area contributed by atoms with Gasteiger partial charge in [-0.2, -0.15) is 13.2 Å². The fourth-order valence-corrected chi connectivity index (χ4v) is 5.10. The fraction of sp³-hybridized carbons (Fsp3) is 0.550. The van der Waals surface area contributed by atoms with Gasteiger partial charge in [0.1, 0.15) is 5.69 Å². The third-order valence-corrected chi connectivity index (χ3v) is 6.75. The average Bonchev–Trinajstić information content (AvgIpc) is 3.19. The van der Waals surface area contributed by atoms with E-state index in [4.69, 9.17) is 4.74 Å². The Kier molecular flexibility index (Phi) is 8.30. The molecule has 0 fully saturated rings. The molecule has 0 bridgehead atoms. The minimum atomic E-state index is -4.92. The Morgan fingerprint density at radius 1 is 1.29 bits per heavy atom. The molecule has 1 aliphatic heterocycles. The predicted molar refractivity (Wildman–Crippen MR) is 125 cm³/mol. The van der Waals surface area contributed by atoms with Gasteiger partial charge in [0.25, 0.3) is 5.13 Å². The minimum Gasteiger partial charge on any atom is -0.461 e. The Labute approximate surface area is 204 Å². The van der Waals surface area contributed by atoms with E-state index in [1.54, 1.807) is 13.0 Å². The van der Waals surface area contributed by atoms with E-state index in [0.29, 0.717) is 18.9 Å². The highest BCUT2D eigenvalue weighted by Gasteiger charge is 2.35. The summed E-state index contributed by atoms with van der Waals surface area (Å²) in [5.41, 5.74) is 1.49. The van der Waals surface area contributed by atoms with Crippen LogP contribution in [0.1, 0.15) is 42.6 Å². The van der Waals surface area contributed by atoms with Gasteiger partial charge in [0.05, 0.1) is 12.3 Å². The number of nitrogens with zero attached hydrogens (tertiary/aromatic N) is 5. The molecule has 0 radical (unpaired) electrons. The van der Waals surface area contributed by atoms with E-state index in [1.165, 1.54) is 6.07 Å². The molecule has 1 aliphatic rings. The third kappa shape index (κ3) is 7.59. The molecular weight excluding hydrogens is 509 g/mol. The van der Waals surface area contributed by atoms with Crippen molar-refractivity contribution in [2.45, 2.75) is 39.8 Å². The molecule has 1 N–H and O–H groups in total. The van der Waals surface area contributed by atoms with Crippen LogP contribution in [0.25, 0.3) is 0 Å². The number of aromatic nitrogens is 2. The van der Waals surface area contributed by atoms with Gasteiger partial charge in [-0.25, -0.2) is 13.2 Å². The number of rotatable bonds is 9. The first-order valence-corrected chi connectivity index (χ1v) is 13.2. The number of alkyl halides is 3. The summed E-state index contributed by atoms with van der Waals surface area (Å²) in [4.78, 5) is 13.8. The molecule has 0 saturated carbocycles. The van der Waals surface area contributed by atoms with Gasteiger partial charge in [-0.1, -0.05) is 25.2 Å². The monoisotopic (exact) mass is 534 g/mol. The number of sulfonamides is 1. The standard InChI is InChI=1S/C20H25F3N6O4S2/c1-4-33-18(30)17-25-27-19(34-17)26-24-14-8-13-6-5-7-29(10-12(2)3)16(13)9-15(14)28-35(31,32)11-20(21,22)23/h8-9,12,28H,4-7,10-11H2,1-3H3. The number of anilines is 2. The number of esters is 1. The van der Waals surface area contributed by atoms with E-state index in [1.807, 2.05) is 18.6 Å². The van der Waals surface area contributed by atoms with Crippen molar-refractivity contribution in [2.75, 3.05) is 35.1 Å². The van der Waals surface area contributed by atoms with Crippen LogP contribution >= 0.6 is 11.3 Å². The molecule has 2 heterocycles. The summed E-state index contributed by atoms with van der Waals surface area (Å²) in [6, 6.07) is 3.09. The molecule has 0 unspecified atom stereocenters. The minimum absolute atomic E-state index is 0.00342. The van der Waals surface area contributed by atoms with Crippen molar-refractivity contribution in [2.24, 2.45) is 16.1 Å². The van der Waals surface area contributed by atoms with Crippen LogP contribution in [0.4, 0.5) is 35.4 Å². The molecule has 2 aromatic rings. The second-order valence-corrected chi connectivity index (χ2v) is 10.9. The van der Waals surface area contributed by atoms with Gasteiger partial charge < -0.3 is 9.64 Å². The molecular formula is C20H25F3N6O4S2. The van der Waals surface area contributed by atoms with Gasteiger partial charge in [0.2, 0.25) is 15.0 Å². The Bertz CT molecular complexity index is 1200. The smallest absolute Gasteiger partial charge is 0.404 e. The van der Waals surface area contributed by atoms with Crippen molar-refractivity contribution in [1.82, 2.24) is 10.2 Å². The SMILES string of the molecule is CCOC(=O)c1nnc(N=Nc2cc3c(cc2NS(=O)(=O)CC(F)(F)F)N(CC(C)C)CCC3)s1. The highest BCUT2D eigenvalue weighted by molar-refractivity contribution is 7.92. The van der Waals surface area contributed by atoms with Crippen LogP contribution in [0.5, 0.6) is 0 Å². The van der Waals surface area contributed by atoms with Gasteiger partial charge in [-0.15, -0.1) is 20.4 Å². The van der Waals surface area contributed by atoms with Crippen LogP contribution in [0.15, 0.2) is 22.4 Å². The topological polar surface area (TPSA) is 126 Å². The maximum absolute atomic E-state index is 12.8. The molecule has 35 heavy (non-hydrogen) atoms. The van der Waals surface area contributed by atoms with Crippen molar-refractivity contribution in [3.8, 4) is 0 Å². The van der Waals surface area contributed by atoms with E-state index >= 15 is 0 Å². The van der Waals surface area contributed by atoms with Crippen molar-refractivity contribution < 1.29 is 31.1 Å². The molecule has 1 aromatic heterocycles. The van der Waals surface area contributed by atoms with Crippen molar-refractivity contribution in [1.29, 1.82) is 0 Å². The molecule has 0 aliphatic carbocycles. The summed E-state index contributed by atoms with van der Waals surface area (Å²) in [6.45, 7) is 7.30. The predicted octanol–water partition coefficient (Wildman–Crippen LogP) is 4.84. The van der Waals surface area contributed by atoms with E-state index < -0.39 is 27.9 Å². The molecule has 1 aromatic carbocycles. The number of aryl methyl sites for hydroxylation is 1. The lowest BCUT2D eigenvalue weighted by atomic mass is 9.99. The summed E-state index contributed by atoms with van der Waals surface area (Å²) in [5.74, 6) is -2.40. The lowest BCUT2D eigenvalue weighted by molar-refractivity contribution is -0.106. The van der Waals surface area contributed by atoms with Crippen molar-refractivity contribution in [3.63, 3.8) is 0 Å². The summed E-state index contributed by atoms with van der Waals surface area (Å²) in [7, 11) is -4.76. The average molecular weight is 535 g/mol. The Morgan fingerprint density at radius 2 is 2.03 bits per heavy atom. The summed E-state index contributed by atoms with van der Waals surface area (Å²) in [6.07, 6.45) is -3.37. The number of ether oxygens (including phenoxy) is 1. The normalized spacial score (nSPS) is 14.4.